The van der Waals surface area contributed by atoms with E-state index >= 15 is 0 Å². The van der Waals surface area contributed by atoms with Gasteiger partial charge in [0.15, 0.2) is 0 Å². The smallest absolute Gasteiger partial charge is 0.0612 e. The van der Waals surface area contributed by atoms with Crippen LogP contribution in [0, 0.1) is 11.3 Å². The number of ether oxygens (including phenoxy) is 1. The largest absolute Gasteiger partial charge is 0.378 e. The number of rotatable bonds is 3. The molecule has 0 aromatic carbocycles. The summed E-state index contributed by atoms with van der Waals surface area (Å²) in [4.78, 5) is 0. The Balaban J connectivity index is 2.61. The van der Waals surface area contributed by atoms with Gasteiger partial charge >= 0.3 is 0 Å². The van der Waals surface area contributed by atoms with E-state index in [1.54, 1.807) is 0 Å². The van der Waals surface area contributed by atoms with E-state index in [0.29, 0.717) is 11.5 Å². The third-order valence-corrected chi connectivity index (χ3v) is 4.03. The molecule has 2 heteroatoms. The maximum atomic E-state index is 5.63. The van der Waals surface area contributed by atoms with Gasteiger partial charge in [-0.1, -0.05) is 29.8 Å². The lowest BCUT2D eigenvalue weighted by atomic mass is 9.77. The molecule has 0 radical (unpaired) electrons. The summed E-state index contributed by atoms with van der Waals surface area (Å²) in [6, 6.07) is 0. The summed E-state index contributed by atoms with van der Waals surface area (Å²) in [5, 5.41) is 1.08. The topological polar surface area (TPSA) is 9.23 Å². The van der Waals surface area contributed by atoms with Gasteiger partial charge in [0.25, 0.3) is 0 Å². The van der Waals surface area contributed by atoms with Crippen molar-refractivity contribution in [1.29, 1.82) is 0 Å². The van der Waals surface area contributed by atoms with E-state index < -0.39 is 0 Å². The summed E-state index contributed by atoms with van der Waals surface area (Å²) in [6.07, 6.45) is 2.93. The van der Waals surface area contributed by atoms with Crippen molar-refractivity contribution < 1.29 is 4.74 Å². The van der Waals surface area contributed by atoms with Crippen LogP contribution < -0.4 is 0 Å². The fourth-order valence-electron chi connectivity index (χ4n) is 2.13. The van der Waals surface area contributed by atoms with Crippen molar-refractivity contribution in [2.75, 3.05) is 11.9 Å². The standard InChI is InChI=1S/C10H19BrO/c1-8(2)6-10(7-11)4-5-12-9(10)3/h8-9H,4-7H2,1-3H3. The van der Waals surface area contributed by atoms with Gasteiger partial charge in [0.2, 0.25) is 0 Å². The molecule has 2 atom stereocenters. The second-order valence-electron chi connectivity index (χ2n) is 4.36. The highest BCUT2D eigenvalue weighted by atomic mass is 79.9. The Hall–Kier alpha value is 0.440. The van der Waals surface area contributed by atoms with Crippen LogP contribution in [0.5, 0.6) is 0 Å². The number of alkyl halides is 1. The molecule has 2 unspecified atom stereocenters. The van der Waals surface area contributed by atoms with Crippen LogP contribution in [-0.2, 0) is 4.74 Å². The SMILES string of the molecule is CC(C)CC1(CBr)CCOC1C. The average molecular weight is 235 g/mol. The molecule has 1 nitrogen and oxygen atoms in total. The number of halogens is 1. The molecule has 1 aliphatic heterocycles. The van der Waals surface area contributed by atoms with Gasteiger partial charge in [-0.15, -0.1) is 0 Å². The third-order valence-electron chi connectivity index (χ3n) is 2.91. The van der Waals surface area contributed by atoms with Gasteiger partial charge in [-0.25, -0.2) is 0 Å². The predicted molar refractivity (Wildman–Crippen MR) is 55.7 cm³/mol. The first kappa shape index (κ1) is 10.5. The van der Waals surface area contributed by atoms with Crippen LogP contribution in [0.25, 0.3) is 0 Å². The van der Waals surface area contributed by atoms with E-state index in [1.807, 2.05) is 0 Å². The summed E-state index contributed by atoms with van der Waals surface area (Å²) in [7, 11) is 0. The number of hydrogen-bond acceptors (Lipinski definition) is 1. The summed E-state index contributed by atoms with van der Waals surface area (Å²) in [5.41, 5.74) is 0.411. The van der Waals surface area contributed by atoms with E-state index in [0.717, 1.165) is 17.9 Å². The first-order valence-electron chi connectivity index (χ1n) is 4.78. The molecule has 1 heterocycles. The summed E-state index contributed by atoms with van der Waals surface area (Å²) in [5.74, 6) is 0.770. The van der Waals surface area contributed by atoms with Crippen LogP contribution in [0.1, 0.15) is 33.6 Å². The van der Waals surface area contributed by atoms with E-state index in [4.69, 9.17) is 4.74 Å². The first-order valence-corrected chi connectivity index (χ1v) is 5.90. The summed E-state index contributed by atoms with van der Waals surface area (Å²) < 4.78 is 5.63. The van der Waals surface area contributed by atoms with Gasteiger partial charge < -0.3 is 4.74 Å². The Bertz CT molecular complexity index is 147. The molecular weight excluding hydrogens is 216 g/mol. The third kappa shape index (κ3) is 2.02. The quantitative estimate of drug-likeness (QED) is 0.682. The Morgan fingerprint density at radius 2 is 2.25 bits per heavy atom. The second-order valence-corrected chi connectivity index (χ2v) is 4.92. The minimum Gasteiger partial charge on any atom is -0.378 e. The molecule has 1 aliphatic rings. The fourth-order valence-corrected chi connectivity index (χ4v) is 3.10. The lowest BCUT2D eigenvalue weighted by molar-refractivity contribution is 0.0647. The molecule has 1 rings (SSSR count). The number of hydrogen-bond donors (Lipinski definition) is 0. The molecule has 1 fully saturated rings. The van der Waals surface area contributed by atoms with Crippen molar-refractivity contribution in [3.63, 3.8) is 0 Å². The molecule has 0 bridgehead atoms. The van der Waals surface area contributed by atoms with E-state index in [2.05, 4.69) is 36.7 Å². The van der Waals surface area contributed by atoms with E-state index in [1.165, 1.54) is 12.8 Å². The van der Waals surface area contributed by atoms with Crippen LogP contribution in [0.15, 0.2) is 0 Å². The molecular formula is C10H19BrO. The fraction of sp³-hybridized carbons (Fsp3) is 1.00. The highest BCUT2D eigenvalue weighted by Gasteiger charge is 2.40. The van der Waals surface area contributed by atoms with Crippen molar-refractivity contribution in [3.05, 3.63) is 0 Å². The lowest BCUT2D eigenvalue weighted by Gasteiger charge is -2.31. The molecule has 0 saturated carbocycles. The van der Waals surface area contributed by atoms with Crippen molar-refractivity contribution >= 4 is 15.9 Å². The molecule has 0 aromatic rings. The summed E-state index contributed by atoms with van der Waals surface area (Å²) in [6.45, 7) is 7.72. The summed E-state index contributed by atoms with van der Waals surface area (Å²) >= 11 is 3.62. The predicted octanol–water partition coefficient (Wildman–Crippen LogP) is 3.22. The molecule has 12 heavy (non-hydrogen) atoms. The highest BCUT2D eigenvalue weighted by Crippen LogP contribution is 2.41. The molecule has 0 aliphatic carbocycles. The van der Waals surface area contributed by atoms with Crippen LogP contribution >= 0.6 is 15.9 Å². The van der Waals surface area contributed by atoms with Crippen molar-refractivity contribution in [3.8, 4) is 0 Å². The Kier molecular flexibility index (Phi) is 3.59. The zero-order valence-electron chi connectivity index (χ0n) is 8.27. The molecule has 0 spiro atoms. The van der Waals surface area contributed by atoms with Crippen LogP contribution in [0.2, 0.25) is 0 Å². The molecule has 72 valence electrons. The minimum absolute atomic E-state index is 0.411. The lowest BCUT2D eigenvalue weighted by Crippen LogP contribution is -2.31. The molecule has 0 amide bonds. The first-order chi connectivity index (χ1) is 5.60. The van der Waals surface area contributed by atoms with Gasteiger partial charge in [0, 0.05) is 17.4 Å². The van der Waals surface area contributed by atoms with Gasteiger partial charge in [-0.3, -0.25) is 0 Å². The normalized spacial score (nSPS) is 36.2. The van der Waals surface area contributed by atoms with E-state index in [9.17, 15) is 0 Å². The van der Waals surface area contributed by atoms with Gasteiger partial charge in [-0.2, -0.15) is 0 Å². The highest BCUT2D eigenvalue weighted by molar-refractivity contribution is 9.09. The van der Waals surface area contributed by atoms with Gasteiger partial charge in [-0.05, 0) is 25.7 Å². The van der Waals surface area contributed by atoms with Gasteiger partial charge in [0.1, 0.15) is 0 Å². The zero-order chi connectivity index (χ0) is 9.19. The maximum absolute atomic E-state index is 5.63. The van der Waals surface area contributed by atoms with Crippen molar-refractivity contribution in [2.45, 2.75) is 39.7 Å². The van der Waals surface area contributed by atoms with Crippen LogP contribution in [0.3, 0.4) is 0 Å². The van der Waals surface area contributed by atoms with E-state index in [-0.39, 0.29) is 0 Å². The van der Waals surface area contributed by atoms with Crippen LogP contribution in [-0.4, -0.2) is 18.0 Å². The molecule has 0 N–H and O–H groups in total. The van der Waals surface area contributed by atoms with Crippen molar-refractivity contribution in [2.24, 2.45) is 11.3 Å². The zero-order valence-corrected chi connectivity index (χ0v) is 9.86. The average Bonchev–Trinajstić information content (AvgIpc) is 2.32. The molecule has 1 saturated heterocycles. The monoisotopic (exact) mass is 234 g/mol. The van der Waals surface area contributed by atoms with Crippen LogP contribution in [0.4, 0.5) is 0 Å². The minimum atomic E-state index is 0.411. The van der Waals surface area contributed by atoms with Gasteiger partial charge in [0.05, 0.1) is 6.10 Å². The Morgan fingerprint density at radius 1 is 1.58 bits per heavy atom. The maximum Gasteiger partial charge on any atom is 0.0612 e. The van der Waals surface area contributed by atoms with Crippen molar-refractivity contribution in [1.82, 2.24) is 0 Å². The Labute approximate surface area is 84.0 Å². The Morgan fingerprint density at radius 3 is 2.58 bits per heavy atom. The molecule has 0 aromatic heterocycles. The second kappa shape index (κ2) is 4.10.